The molecule has 1 saturated heterocycles. The monoisotopic (exact) mass is 382 g/mol. The minimum Gasteiger partial charge on any atom is -0.494 e. The van der Waals surface area contributed by atoms with Crippen LogP contribution in [0.3, 0.4) is 0 Å². The second-order valence-corrected chi connectivity index (χ2v) is 7.49. The number of nitrogens with zero attached hydrogens (tertiary/aromatic N) is 1. The molecule has 2 unspecified atom stereocenters. The van der Waals surface area contributed by atoms with Crippen LogP contribution in [-0.4, -0.2) is 55.8 Å². The van der Waals surface area contributed by atoms with Crippen LogP contribution in [0.2, 0.25) is 5.02 Å². The fourth-order valence-electron chi connectivity index (χ4n) is 3.22. The van der Waals surface area contributed by atoms with Gasteiger partial charge in [-0.25, -0.2) is 0 Å². The highest BCUT2D eigenvalue weighted by atomic mass is 35.5. The molecule has 26 heavy (non-hydrogen) atoms. The summed E-state index contributed by atoms with van der Waals surface area (Å²) in [4.78, 5) is 14.3. The molecule has 0 spiro atoms. The Balaban J connectivity index is 1.51. The van der Waals surface area contributed by atoms with Crippen LogP contribution in [0.5, 0.6) is 5.75 Å². The van der Waals surface area contributed by atoms with Gasteiger partial charge in [-0.05, 0) is 57.4 Å². The van der Waals surface area contributed by atoms with Crippen molar-refractivity contribution in [2.75, 3.05) is 32.8 Å². The molecule has 1 N–H and O–H groups in total. The molecule has 1 fully saturated rings. The molecule has 6 heteroatoms. The van der Waals surface area contributed by atoms with Crippen molar-refractivity contribution in [1.29, 1.82) is 0 Å². The Morgan fingerprint density at radius 2 is 2.04 bits per heavy atom. The first-order valence-electron chi connectivity index (χ1n) is 9.47. The Kier molecular flexibility index (Phi) is 8.69. The Bertz CT molecular complexity index is 572. The summed E-state index contributed by atoms with van der Waals surface area (Å²) in [5.74, 6) is 0.880. The molecule has 0 bridgehead atoms. The standard InChI is InChI=1S/C20H31ClN2O3/c1-15-12-18(7-8-19(15)21)25-11-4-6-20(24)22-9-5-10-23-13-16(2)26-17(3)14-23/h7-8,12,16-17H,4-6,9-11,13-14H2,1-3H3,(H,22,24). The number of halogens is 1. The van der Waals surface area contributed by atoms with E-state index in [0.29, 0.717) is 19.4 Å². The number of carbonyl (C=O) groups excluding carboxylic acids is 1. The topological polar surface area (TPSA) is 50.8 Å². The second kappa shape index (κ2) is 10.8. The van der Waals surface area contributed by atoms with E-state index in [1.54, 1.807) is 0 Å². The fourth-order valence-corrected chi connectivity index (χ4v) is 3.33. The van der Waals surface area contributed by atoms with E-state index in [1.165, 1.54) is 0 Å². The first-order valence-corrected chi connectivity index (χ1v) is 9.85. The van der Waals surface area contributed by atoms with Crippen molar-refractivity contribution >= 4 is 17.5 Å². The predicted octanol–water partition coefficient (Wildman–Crippen LogP) is 3.42. The number of hydrogen-bond donors (Lipinski definition) is 1. The van der Waals surface area contributed by atoms with Crippen LogP contribution in [-0.2, 0) is 9.53 Å². The summed E-state index contributed by atoms with van der Waals surface area (Å²) < 4.78 is 11.4. The van der Waals surface area contributed by atoms with Crippen LogP contribution < -0.4 is 10.1 Å². The third kappa shape index (κ3) is 7.52. The van der Waals surface area contributed by atoms with Crippen molar-refractivity contribution in [3.05, 3.63) is 28.8 Å². The SMILES string of the molecule is Cc1cc(OCCCC(=O)NCCCN2CC(C)OC(C)C2)ccc1Cl. The number of amides is 1. The van der Waals surface area contributed by atoms with E-state index in [2.05, 4.69) is 24.1 Å². The highest BCUT2D eigenvalue weighted by Crippen LogP contribution is 2.21. The lowest BCUT2D eigenvalue weighted by atomic mass is 10.2. The molecule has 0 radical (unpaired) electrons. The summed E-state index contributed by atoms with van der Waals surface area (Å²) in [5, 5.41) is 3.72. The highest BCUT2D eigenvalue weighted by Gasteiger charge is 2.21. The van der Waals surface area contributed by atoms with Gasteiger partial charge < -0.3 is 14.8 Å². The molecule has 2 rings (SSSR count). The molecule has 2 atom stereocenters. The normalized spacial score (nSPS) is 20.8. The van der Waals surface area contributed by atoms with Gasteiger partial charge in [0.1, 0.15) is 5.75 Å². The van der Waals surface area contributed by atoms with E-state index in [9.17, 15) is 4.79 Å². The molecule has 146 valence electrons. The van der Waals surface area contributed by atoms with Crippen LogP contribution in [0.15, 0.2) is 18.2 Å². The van der Waals surface area contributed by atoms with Crippen molar-refractivity contribution in [3.63, 3.8) is 0 Å². The highest BCUT2D eigenvalue weighted by molar-refractivity contribution is 6.31. The maximum Gasteiger partial charge on any atom is 0.220 e. The van der Waals surface area contributed by atoms with Gasteiger partial charge in [-0.2, -0.15) is 0 Å². The zero-order valence-corrected chi connectivity index (χ0v) is 16.8. The first kappa shape index (κ1) is 21.0. The minimum atomic E-state index is 0.0876. The van der Waals surface area contributed by atoms with E-state index >= 15 is 0 Å². The molecule has 1 heterocycles. The predicted molar refractivity (Wildman–Crippen MR) is 105 cm³/mol. The van der Waals surface area contributed by atoms with Crippen LogP contribution in [0.4, 0.5) is 0 Å². The Morgan fingerprint density at radius 1 is 1.31 bits per heavy atom. The summed E-state index contributed by atoms with van der Waals surface area (Å²) in [5.41, 5.74) is 0.992. The summed E-state index contributed by atoms with van der Waals surface area (Å²) in [6.07, 6.45) is 2.73. The summed E-state index contributed by atoms with van der Waals surface area (Å²) in [6.45, 7) is 10.3. The van der Waals surface area contributed by atoms with Crippen LogP contribution in [0.25, 0.3) is 0 Å². The Morgan fingerprint density at radius 3 is 2.73 bits per heavy atom. The van der Waals surface area contributed by atoms with E-state index in [0.717, 1.165) is 48.9 Å². The van der Waals surface area contributed by atoms with E-state index in [4.69, 9.17) is 21.1 Å². The van der Waals surface area contributed by atoms with Gasteiger partial charge >= 0.3 is 0 Å². The smallest absolute Gasteiger partial charge is 0.220 e. The van der Waals surface area contributed by atoms with Crippen molar-refractivity contribution in [3.8, 4) is 5.75 Å². The quantitative estimate of drug-likeness (QED) is 0.665. The Hall–Kier alpha value is -1.30. The van der Waals surface area contributed by atoms with Crippen LogP contribution in [0, 0.1) is 6.92 Å². The molecule has 1 aliphatic rings. The molecule has 1 amide bonds. The van der Waals surface area contributed by atoms with Gasteiger partial charge in [0.05, 0.1) is 18.8 Å². The molecule has 0 aromatic heterocycles. The van der Waals surface area contributed by atoms with Gasteiger partial charge in [-0.1, -0.05) is 11.6 Å². The zero-order chi connectivity index (χ0) is 18.9. The lowest BCUT2D eigenvalue weighted by Crippen LogP contribution is -2.46. The second-order valence-electron chi connectivity index (χ2n) is 7.08. The number of morpholine rings is 1. The lowest BCUT2D eigenvalue weighted by Gasteiger charge is -2.35. The van der Waals surface area contributed by atoms with E-state index in [-0.39, 0.29) is 18.1 Å². The summed E-state index contributed by atoms with van der Waals surface area (Å²) >= 11 is 5.99. The van der Waals surface area contributed by atoms with E-state index < -0.39 is 0 Å². The molecule has 0 aliphatic carbocycles. The lowest BCUT2D eigenvalue weighted by molar-refractivity contribution is -0.121. The number of ether oxygens (including phenoxy) is 2. The van der Waals surface area contributed by atoms with Gasteiger partial charge in [0.2, 0.25) is 5.91 Å². The van der Waals surface area contributed by atoms with Crippen LogP contribution >= 0.6 is 11.6 Å². The molecule has 0 saturated carbocycles. The largest absolute Gasteiger partial charge is 0.494 e. The maximum absolute atomic E-state index is 11.9. The van der Waals surface area contributed by atoms with Crippen LogP contribution in [0.1, 0.15) is 38.7 Å². The third-order valence-electron chi connectivity index (χ3n) is 4.41. The zero-order valence-electron chi connectivity index (χ0n) is 16.1. The minimum absolute atomic E-state index is 0.0876. The van der Waals surface area contributed by atoms with Gasteiger partial charge in [-0.15, -0.1) is 0 Å². The number of rotatable bonds is 9. The fraction of sp³-hybridized carbons (Fsp3) is 0.650. The van der Waals surface area contributed by atoms with Gasteiger partial charge in [0.25, 0.3) is 0 Å². The molecular weight excluding hydrogens is 352 g/mol. The average molecular weight is 383 g/mol. The third-order valence-corrected chi connectivity index (χ3v) is 4.84. The summed E-state index contributed by atoms with van der Waals surface area (Å²) in [6, 6.07) is 5.59. The van der Waals surface area contributed by atoms with Gasteiger partial charge in [0.15, 0.2) is 0 Å². The molecule has 1 aliphatic heterocycles. The van der Waals surface area contributed by atoms with Gasteiger partial charge in [0, 0.05) is 37.6 Å². The first-order chi connectivity index (χ1) is 12.4. The van der Waals surface area contributed by atoms with Gasteiger partial charge in [-0.3, -0.25) is 9.69 Å². The van der Waals surface area contributed by atoms with E-state index in [1.807, 2.05) is 25.1 Å². The number of benzene rings is 1. The number of hydrogen-bond acceptors (Lipinski definition) is 4. The number of nitrogens with one attached hydrogen (secondary N) is 1. The Labute approximate surface area is 162 Å². The number of aryl methyl sites for hydroxylation is 1. The molecule has 1 aromatic carbocycles. The molecular formula is C20H31ClN2O3. The van der Waals surface area contributed by atoms with Crippen molar-refractivity contribution < 1.29 is 14.3 Å². The average Bonchev–Trinajstić information content (AvgIpc) is 2.58. The maximum atomic E-state index is 11.9. The molecule has 1 aromatic rings. The van der Waals surface area contributed by atoms with Crippen molar-refractivity contribution in [1.82, 2.24) is 10.2 Å². The summed E-state index contributed by atoms with van der Waals surface area (Å²) in [7, 11) is 0. The number of carbonyl (C=O) groups is 1. The molecule has 5 nitrogen and oxygen atoms in total. The van der Waals surface area contributed by atoms with Crippen molar-refractivity contribution in [2.24, 2.45) is 0 Å². The van der Waals surface area contributed by atoms with Crippen molar-refractivity contribution in [2.45, 2.75) is 52.2 Å².